The zero-order valence-electron chi connectivity index (χ0n) is 12.2. The highest BCUT2D eigenvalue weighted by Crippen LogP contribution is 2.36. The van der Waals surface area contributed by atoms with Crippen LogP contribution in [-0.2, 0) is 13.0 Å². The van der Waals surface area contributed by atoms with Gasteiger partial charge in [0, 0.05) is 23.2 Å². The second-order valence-corrected chi connectivity index (χ2v) is 7.08. The van der Waals surface area contributed by atoms with E-state index in [1.165, 1.54) is 28.0 Å². The molecule has 2 aromatic rings. The Balaban J connectivity index is 1.57. The van der Waals surface area contributed by atoms with Crippen molar-refractivity contribution in [2.45, 2.75) is 30.0 Å². The van der Waals surface area contributed by atoms with E-state index in [2.05, 4.69) is 67.4 Å². The summed E-state index contributed by atoms with van der Waals surface area (Å²) in [6.07, 6.45) is 1.21. The van der Waals surface area contributed by atoms with E-state index in [9.17, 15) is 0 Å². The van der Waals surface area contributed by atoms with E-state index in [0.29, 0.717) is 5.25 Å². The molecule has 20 heavy (non-hydrogen) atoms. The van der Waals surface area contributed by atoms with E-state index >= 15 is 0 Å². The average Bonchev–Trinajstić information content (AvgIpc) is 2.80. The van der Waals surface area contributed by atoms with Crippen LogP contribution >= 0.6 is 11.8 Å². The zero-order valence-corrected chi connectivity index (χ0v) is 13.0. The van der Waals surface area contributed by atoms with Gasteiger partial charge in [0.05, 0.1) is 0 Å². The van der Waals surface area contributed by atoms with Crippen molar-refractivity contribution in [2.24, 2.45) is 0 Å². The van der Waals surface area contributed by atoms with Crippen LogP contribution < -0.4 is 0 Å². The van der Waals surface area contributed by atoms with Crippen molar-refractivity contribution in [3.05, 3.63) is 65.2 Å². The summed E-state index contributed by atoms with van der Waals surface area (Å²) in [7, 11) is 2.23. The SMILES string of the molecule is Cc1cccc(CN(C)CC2Cc3ccccc3S2)c1. The van der Waals surface area contributed by atoms with Crippen molar-refractivity contribution in [1.29, 1.82) is 0 Å². The predicted octanol–water partition coefficient (Wildman–Crippen LogP) is 4.14. The number of thioether (sulfide) groups is 1. The quantitative estimate of drug-likeness (QED) is 0.829. The zero-order chi connectivity index (χ0) is 13.9. The topological polar surface area (TPSA) is 3.24 Å². The highest BCUT2D eigenvalue weighted by atomic mass is 32.2. The Morgan fingerprint density at radius 1 is 1.15 bits per heavy atom. The van der Waals surface area contributed by atoms with Gasteiger partial charge < -0.3 is 4.90 Å². The molecule has 2 heteroatoms. The highest BCUT2D eigenvalue weighted by Gasteiger charge is 2.22. The van der Waals surface area contributed by atoms with Gasteiger partial charge in [0.1, 0.15) is 0 Å². The molecule has 0 N–H and O–H groups in total. The summed E-state index contributed by atoms with van der Waals surface area (Å²) in [5, 5.41) is 0.696. The molecule has 0 saturated heterocycles. The second-order valence-electron chi connectivity index (χ2n) is 5.74. The first-order valence-electron chi connectivity index (χ1n) is 7.19. The Morgan fingerprint density at radius 2 is 2.00 bits per heavy atom. The number of fused-ring (bicyclic) bond motifs is 1. The molecule has 1 atom stereocenters. The van der Waals surface area contributed by atoms with Crippen LogP contribution in [0.2, 0.25) is 0 Å². The standard InChI is InChI=1S/C18H21NS/c1-14-6-5-7-15(10-14)12-19(2)13-17-11-16-8-3-4-9-18(16)20-17/h3-10,17H,11-13H2,1-2H3. The molecular weight excluding hydrogens is 262 g/mol. The molecule has 0 radical (unpaired) electrons. The van der Waals surface area contributed by atoms with Crippen LogP contribution in [0.3, 0.4) is 0 Å². The lowest BCUT2D eigenvalue weighted by Gasteiger charge is -2.20. The van der Waals surface area contributed by atoms with Crippen LogP contribution in [0.4, 0.5) is 0 Å². The van der Waals surface area contributed by atoms with Gasteiger partial charge in [0.2, 0.25) is 0 Å². The largest absolute Gasteiger partial charge is 0.301 e. The summed E-state index contributed by atoms with van der Waals surface area (Å²) >= 11 is 2.04. The molecule has 0 fully saturated rings. The van der Waals surface area contributed by atoms with E-state index in [1.807, 2.05) is 11.8 Å². The van der Waals surface area contributed by atoms with E-state index in [1.54, 1.807) is 0 Å². The van der Waals surface area contributed by atoms with E-state index in [0.717, 1.165) is 13.1 Å². The highest BCUT2D eigenvalue weighted by molar-refractivity contribution is 8.00. The summed E-state index contributed by atoms with van der Waals surface area (Å²) in [5.41, 5.74) is 4.28. The van der Waals surface area contributed by atoms with E-state index in [4.69, 9.17) is 0 Å². The molecule has 0 bridgehead atoms. The van der Waals surface area contributed by atoms with E-state index in [-0.39, 0.29) is 0 Å². The lowest BCUT2D eigenvalue weighted by molar-refractivity contribution is 0.327. The molecule has 0 amide bonds. The summed E-state index contributed by atoms with van der Waals surface area (Å²) in [4.78, 5) is 3.92. The Kier molecular flexibility index (Phi) is 4.13. The van der Waals surface area contributed by atoms with Crippen molar-refractivity contribution in [1.82, 2.24) is 4.90 Å². The van der Waals surface area contributed by atoms with Crippen LogP contribution in [0.5, 0.6) is 0 Å². The van der Waals surface area contributed by atoms with Gasteiger partial charge in [-0.3, -0.25) is 0 Å². The van der Waals surface area contributed by atoms with Gasteiger partial charge in [-0.15, -0.1) is 11.8 Å². The Morgan fingerprint density at radius 3 is 2.80 bits per heavy atom. The van der Waals surface area contributed by atoms with Gasteiger partial charge in [-0.05, 0) is 37.6 Å². The fraction of sp³-hybridized carbons (Fsp3) is 0.333. The normalized spacial score (nSPS) is 17.4. The molecule has 1 aliphatic rings. The average molecular weight is 283 g/mol. The van der Waals surface area contributed by atoms with E-state index < -0.39 is 0 Å². The first-order valence-corrected chi connectivity index (χ1v) is 8.07. The molecule has 1 aliphatic heterocycles. The van der Waals surface area contributed by atoms with Crippen molar-refractivity contribution in [3.8, 4) is 0 Å². The molecule has 1 nitrogen and oxygen atoms in total. The van der Waals surface area contributed by atoms with Gasteiger partial charge in [-0.2, -0.15) is 0 Å². The van der Waals surface area contributed by atoms with Crippen LogP contribution in [0.1, 0.15) is 16.7 Å². The Bertz CT molecular complexity index is 568. The molecule has 1 unspecified atom stereocenters. The van der Waals surface area contributed by atoms with Gasteiger partial charge in [-0.25, -0.2) is 0 Å². The number of nitrogens with zero attached hydrogens (tertiary/aromatic N) is 1. The summed E-state index contributed by atoms with van der Waals surface area (Å²) < 4.78 is 0. The lowest BCUT2D eigenvalue weighted by Crippen LogP contribution is -2.26. The maximum absolute atomic E-state index is 2.44. The summed E-state index contributed by atoms with van der Waals surface area (Å²) in [6, 6.07) is 17.6. The minimum atomic E-state index is 0.696. The maximum Gasteiger partial charge on any atom is 0.0263 e. The molecule has 0 spiro atoms. The van der Waals surface area contributed by atoms with Crippen molar-refractivity contribution in [3.63, 3.8) is 0 Å². The Hall–Kier alpha value is -1.25. The second kappa shape index (κ2) is 6.02. The third kappa shape index (κ3) is 3.25. The smallest absolute Gasteiger partial charge is 0.0263 e. The van der Waals surface area contributed by atoms with Crippen molar-refractivity contribution in [2.75, 3.05) is 13.6 Å². The minimum Gasteiger partial charge on any atom is -0.301 e. The number of rotatable bonds is 4. The van der Waals surface area contributed by atoms with Crippen LogP contribution in [0.15, 0.2) is 53.4 Å². The molecule has 0 aromatic heterocycles. The predicted molar refractivity (Wildman–Crippen MR) is 87.3 cm³/mol. The van der Waals surface area contributed by atoms with Gasteiger partial charge >= 0.3 is 0 Å². The molecular formula is C18H21NS. The number of hydrogen-bond acceptors (Lipinski definition) is 2. The molecule has 1 heterocycles. The van der Waals surface area contributed by atoms with Gasteiger partial charge in [0.15, 0.2) is 0 Å². The molecule has 3 rings (SSSR count). The first-order chi connectivity index (χ1) is 9.70. The van der Waals surface area contributed by atoms with Crippen LogP contribution in [0.25, 0.3) is 0 Å². The molecule has 0 aliphatic carbocycles. The fourth-order valence-electron chi connectivity index (χ4n) is 2.89. The van der Waals surface area contributed by atoms with Crippen LogP contribution in [-0.4, -0.2) is 23.7 Å². The fourth-order valence-corrected chi connectivity index (χ4v) is 4.30. The van der Waals surface area contributed by atoms with Gasteiger partial charge in [0.25, 0.3) is 0 Å². The summed E-state index contributed by atoms with van der Waals surface area (Å²) in [5.74, 6) is 0. The minimum absolute atomic E-state index is 0.696. The lowest BCUT2D eigenvalue weighted by atomic mass is 10.1. The monoisotopic (exact) mass is 283 g/mol. The summed E-state index contributed by atoms with van der Waals surface area (Å²) in [6.45, 7) is 4.34. The molecule has 0 saturated carbocycles. The Labute approximate surface area is 126 Å². The maximum atomic E-state index is 2.44. The molecule has 104 valence electrons. The number of aryl methyl sites for hydroxylation is 1. The van der Waals surface area contributed by atoms with Crippen molar-refractivity contribution < 1.29 is 0 Å². The third-order valence-corrected chi connectivity index (χ3v) is 5.07. The van der Waals surface area contributed by atoms with Crippen molar-refractivity contribution >= 4 is 11.8 Å². The number of hydrogen-bond donors (Lipinski definition) is 0. The van der Waals surface area contributed by atoms with Crippen LogP contribution in [0, 0.1) is 6.92 Å². The van der Waals surface area contributed by atoms with Gasteiger partial charge in [-0.1, -0.05) is 48.0 Å². The first kappa shape index (κ1) is 13.7. The molecule has 2 aromatic carbocycles. The number of benzene rings is 2. The third-order valence-electron chi connectivity index (χ3n) is 3.76.